The minimum absolute atomic E-state index is 0.359. The van der Waals surface area contributed by atoms with Gasteiger partial charge in [0.15, 0.2) is 6.29 Å². The molecule has 2 aromatic carbocycles. The van der Waals surface area contributed by atoms with E-state index in [0.717, 1.165) is 30.8 Å². The van der Waals surface area contributed by atoms with Crippen LogP contribution in [0.15, 0.2) is 48.5 Å². The van der Waals surface area contributed by atoms with Gasteiger partial charge in [-0.05, 0) is 42.3 Å². The summed E-state index contributed by atoms with van der Waals surface area (Å²) in [5.41, 5.74) is 0.452. The maximum atomic E-state index is 13.6. The summed E-state index contributed by atoms with van der Waals surface area (Å²) in [6.45, 7) is 6.90. The van der Waals surface area contributed by atoms with Gasteiger partial charge in [-0.2, -0.15) is 13.2 Å². The van der Waals surface area contributed by atoms with E-state index < -0.39 is 30.2 Å². The van der Waals surface area contributed by atoms with Crippen LogP contribution in [0.5, 0.6) is 0 Å². The molecular formula is C27H30F4N2O3. The molecule has 2 aliphatic heterocycles. The summed E-state index contributed by atoms with van der Waals surface area (Å²) >= 11 is 0. The van der Waals surface area contributed by atoms with Gasteiger partial charge in [0.1, 0.15) is 5.82 Å². The van der Waals surface area contributed by atoms with Crippen LogP contribution in [-0.2, 0) is 20.4 Å². The van der Waals surface area contributed by atoms with Gasteiger partial charge < -0.3 is 14.2 Å². The lowest BCUT2D eigenvalue weighted by Gasteiger charge is -2.41. The van der Waals surface area contributed by atoms with Crippen molar-refractivity contribution >= 4 is 0 Å². The van der Waals surface area contributed by atoms with Crippen molar-refractivity contribution in [3.8, 4) is 11.8 Å². The van der Waals surface area contributed by atoms with Crippen molar-refractivity contribution in [2.45, 2.75) is 31.5 Å². The lowest BCUT2D eigenvalue weighted by Crippen LogP contribution is -2.46. The molecule has 0 spiro atoms. The summed E-state index contributed by atoms with van der Waals surface area (Å²) in [6, 6.07) is 10.8. The molecule has 2 fully saturated rings. The van der Waals surface area contributed by atoms with Crippen molar-refractivity contribution in [1.29, 1.82) is 0 Å². The Labute approximate surface area is 208 Å². The number of benzene rings is 2. The van der Waals surface area contributed by atoms with Crippen LogP contribution in [0.25, 0.3) is 0 Å². The Bertz CT molecular complexity index is 1050. The zero-order chi connectivity index (χ0) is 25.5. The van der Waals surface area contributed by atoms with E-state index in [9.17, 15) is 17.6 Å². The average Bonchev–Trinajstić information content (AvgIpc) is 2.88. The highest BCUT2D eigenvalue weighted by atomic mass is 19.4. The Morgan fingerprint density at radius 2 is 1.72 bits per heavy atom. The Kier molecular flexibility index (Phi) is 8.99. The summed E-state index contributed by atoms with van der Waals surface area (Å²) in [7, 11) is 0. The topological polar surface area (TPSA) is 34.2 Å². The molecule has 1 unspecified atom stereocenters. The monoisotopic (exact) mass is 506 g/mol. The Morgan fingerprint density at radius 3 is 2.44 bits per heavy atom. The fourth-order valence-corrected chi connectivity index (χ4v) is 4.34. The lowest BCUT2D eigenvalue weighted by atomic mass is 10.0. The third kappa shape index (κ3) is 7.05. The highest BCUT2D eigenvalue weighted by Gasteiger charge is 2.36. The first-order chi connectivity index (χ1) is 17.3. The summed E-state index contributed by atoms with van der Waals surface area (Å²) in [4.78, 5) is 4.34. The van der Waals surface area contributed by atoms with Crippen LogP contribution in [0.3, 0.4) is 0 Å². The van der Waals surface area contributed by atoms with E-state index in [0.29, 0.717) is 45.0 Å². The number of morpholine rings is 2. The Balaban J connectivity index is 1.50. The predicted octanol–water partition coefficient (Wildman–Crippen LogP) is 4.66. The first-order valence-electron chi connectivity index (χ1n) is 12.0. The maximum Gasteiger partial charge on any atom is 0.416 e. The van der Waals surface area contributed by atoms with E-state index >= 15 is 0 Å². The molecule has 0 aliphatic carbocycles. The van der Waals surface area contributed by atoms with Crippen LogP contribution >= 0.6 is 0 Å². The smallest absolute Gasteiger partial charge is 0.379 e. The molecule has 3 atom stereocenters. The number of halogens is 4. The molecule has 0 saturated carbocycles. The van der Waals surface area contributed by atoms with Crippen molar-refractivity contribution in [2.24, 2.45) is 0 Å². The van der Waals surface area contributed by atoms with Gasteiger partial charge in [-0.1, -0.05) is 36.1 Å². The summed E-state index contributed by atoms with van der Waals surface area (Å²) in [5.74, 6) is 6.08. The quantitative estimate of drug-likeness (QED) is 0.421. The summed E-state index contributed by atoms with van der Waals surface area (Å²) < 4.78 is 70.7. The second-order valence-electron chi connectivity index (χ2n) is 8.85. The molecule has 9 heteroatoms. The standard InChI is InChI=1S/C27H30F4N2O3/c1-20(22-5-4-6-23(19-22)27(29,30)31)36-26-25(21-7-9-24(28)10-8-21)33(15-18-35-26)12-3-2-11-32-13-16-34-17-14-32/h4-10,19-20,25-26H,11-18H2,1H3/t20?,25-,26+/m0/s1. The van der Waals surface area contributed by atoms with Crippen molar-refractivity contribution < 1.29 is 31.8 Å². The molecule has 2 aliphatic rings. The molecular weight excluding hydrogens is 476 g/mol. The van der Waals surface area contributed by atoms with Crippen molar-refractivity contribution in [3.05, 3.63) is 71.0 Å². The number of rotatable bonds is 6. The molecule has 5 nitrogen and oxygen atoms in total. The SMILES string of the molecule is CC(O[C@H]1OCCN(CC#CCN2CCOCC2)[C@H]1c1ccc(F)cc1)c1cccc(C(F)(F)F)c1. The second-order valence-corrected chi connectivity index (χ2v) is 8.85. The molecule has 36 heavy (non-hydrogen) atoms. The minimum atomic E-state index is -4.44. The molecule has 0 radical (unpaired) electrons. The van der Waals surface area contributed by atoms with Gasteiger partial charge in [0.05, 0.1) is 50.6 Å². The number of hydrogen-bond donors (Lipinski definition) is 0. The third-order valence-corrected chi connectivity index (χ3v) is 6.36. The molecule has 4 rings (SSSR count). The van der Waals surface area contributed by atoms with Gasteiger partial charge in [-0.25, -0.2) is 4.39 Å². The minimum Gasteiger partial charge on any atom is -0.379 e. The van der Waals surface area contributed by atoms with E-state index in [1.807, 2.05) is 0 Å². The molecule has 2 saturated heterocycles. The van der Waals surface area contributed by atoms with Crippen molar-refractivity contribution in [2.75, 3.05) is 52.5 Å². The van der Waals surface area contributed by atoms with Crippen LogP contribution in [0.2, 0.25) is 0 Å². The van der Waals surface area contributed by atoms with E-state index in [1.165, 1.54) is 18.2 Å². The highest BCUT2D eigenvalue weighted by Crippen LogP contribution is 2.35. The largest absolute Gasteiger partial charge is 0.416 e. The third-order valence-electron chi connectivity index (χ3n) is 6.36. The second kappa shape index (κ2) is 12.2. The lowest BCUT2D eigenvalue weighted by molar-refractivity contribution is -0.228. The van der Waals surface area contributed by atoms with E-state index in [4.69, 9.17) is 14.2 Å². The fourth-order valence-electron chi connectivity index (χ4n) is 4.34. The fraction of sp³-hybridized carbons (Fsp3) is 0.481. The molecule has 0 amide bonds. The Hall–Kier alpha value is -2.48. The number of alkyl halides is 3. The number of nitrogens with zero attached hydrogens (tertiary/aromatic N) is 2. The number of ether oxygens (including phenoxy) is 3. The van der Waals surface area contributed by atoms with Crippen LogP contribution in [0, 0.1) is 17.7 Å². The first-order valence-corrected chi connectivity index (χ1v) is 12.0. The maximum absolute atomic E-state index is 13.6. The van der Waals surface area contributed by atoms with E-state index in [1.54, 1.807) is 25.1 Å². The molecule has 0 bridgehead atoms. The normalized spacial score (nSPS) is 22.6. The molecule has 0 aromatic heterocycles. The predicted molar refractivity (Wildman–Crippen MR) is 126 cm³/mol. The van der Waals surface area contributed by atoms with E-state index in [2.05, 4.69) is 21.6 Å². The first kappa shape index (κ1) is 26.6. The zero-order valence-electron chi connectivity index (χ0n) is 20.1. The molecule has 2 aromatic rings. The highest BCUT2D eigenvalue weighted by molar-refractivity contribution is 5.27. The Morgan fingerprint density at radius 1 is 1.00 bits per heavy atom. The van der Waals surface area contributed by atoms with Crippen LogP contribution in [0.1, 0.15) is 35.8 Å². The van der Waals surface area contributed by atoms with Crippen LogP contribution in [0.4, 0.5) is 17.6 Å². The molecule has 0 N–H and O–H groups in total. The van der Waals surface area contributed by atoms with E-state index in [-0.39, 0.29) is 5.82 Å². The van der Waals surface area contributed by atoms with Gasteiger partial charge in [0, 0.05) is 19.6 Å². The summed E-state index contributed by atoms with van der Waals surface area (Å²) in [6.07, 6.45) is -5.87. The van der Waals surface area contributed by atoms with Gasteiger partial charge >= 0.3 is 6.18 Å². The van der Waals surface area contributed by atoms with Crippen molar-refractivity contribution in [1.82, 2.24) is 9.80 Å². The number of hydrogen-bond acceptors (Lipinski definition) is 5. The van der Waals surface area contributed by atoms with Crippen LogP contribution in [-0.4, -0.2) is 68.6 Å². The zero-order valence-corrected chi connectivity index (χ0v) is 20.1. The van der Waals surface area contributed by atoms with Crippen LogP contribution < -0.4 is 0 Å². The van der Waals surface area contributed by atoms with Gasteiger partial charge in [-0.3, -0.25) is 9.80 Å². The van der Waals surface area contributed by atoms with Gasteiger partial charge in [-0.15, -0.1) is 0 Å². The average molecular weight is 507 g/mol. The molecule has 2 heterocycles. The molecule has 194 valence electrons. The van der Waals surface area contributed by atoms with Crippen molar-refractivity contribution in [3.63, 3.8) is 0 Å². The summed E-state index contributed by atoms with van der Waals surface area (Å²) in [5, 5.41) is 0. The van der Waals surface area contributed by atoms with Gasteiger partial charge in [0.25, 0.3) is 0 Å². The van der Waals surface area contributed by atoms with Gasteiger partial charge in [0.2, 0.25) is 0 Å².